The van der Waals surface area contributed by atoms with Gasteiger partial charge in [0.1, 0.15) is 5.76 Å². The van der Waals surface area contributed by atoms with Crippen LogP contribution in [-0.2, 0) is 17.0 Å². The van der Waals surface area contributed by atoms with Crippen LogP contribution >= 0.6 is 0 Å². The lowest BCUT2D eigenvalue weighted by Gasteiger charge is -2.07. The van der Waals surface area contributed by atoms with Crippen molar-refractivity contribution < 1.29 is 16.8 Å². The second-order valence-corrected chi connectivity index (χ2v) is 4.07. The average molecular weight is 208 g/mol. The molecule has 13 heavy (non-hydrogen) atoms. The Kier molecular flexibility index (Phi) is 2.67. The first-order chi connectivity index (χ1) is 5.89. The third-order valence-corrected chi connectivity index (χ3v) is 2.31. The Morgan fingerprint density at radius 1 is 1.69 bits per heavy atom. The minimum absolute atomic E-state index is 0.129. The molecule has 0 fully saturated rings. The maximum absolute atomic E-state index is 12.3. The molecule has 0 bridgehead atoms. The highest BCUT2D eigenvalue weighted by atomic mass is 32.3. The van der Waals surface area contributed by atoms with E-state index in [1.54, 1.807) is 13.0 Å². The van der Waals surface area contributed by atoms with Gasteiger partial charge < -0.3 is 4.52 Å². The lowest BCUT2D eigenvalue weighted by molar-refractivity contribution is 0.373. The number of aromatic nitrogens is 1. The van der Waals surface area contributed by atoms with Gasteiger partial charge in [-0.3, -0.25) is 0 Å². The zero-order valence-electron chi connectivity index (χ0n) is 7.19. The second kappa shape index (κ2) is 3.43. The summed E-state index contributed by atoms with van der Waals surface area (Å²) in [6.07, 6.45) is 0. The summed E-state index contributed by atoms with van der Waals surface area (Å²) in [5.74, 6) is 0.555. The van der Waals surface area contributed by atoms with Gasteiger partial charge in [0, 0.05) is 13.1 Å². The highest BCUT2D eigenvalue weighted by Gasteiger charge is 2.17. The molecule has 1 aromatic rings. The summed E-state index contributed by atoms with van der Waals surface area (Å²) >= 11 is 0. The van der Waals surface area contributed by atoms with E-state index in [0.29, 0.717) is 15.8 Å². The quantitative estimate of drug-likeness (QED) is 0.683. The Labute approximate surface area is 75.5 Å². The number of halogens is 1. The normalized spacial score (nSPS) is 12.3. The molecule has 5 nitrogen and oxygen atoms in total. The molecule has 0 amide bonds. The van der Waals surface area contributed by atoms with E-state index in [2.05, 4.69) is 9.68 Å². The third-order valence-electron chi connectivity index (χ3n) is 1.43. The maximum Gasteiger partial charge on any atom is 0.374 e. The molecule has 0 saturated carbocycles. The van der Waals surface area contributed by atoms with E-state index in [1.807, 2.05) is 0 Å². The molecule has 0 aliphatic rings. The molecular weight excluding hydrogens is 199 g/mol. The zero-order chi connectivity index (χ0) is 10.1. The summed E-state index contributed by atoms with van der Waals surface area (Å²) in [6, 6.07) is 1.54. The van der Waals surface area contributed by atoms with Gasteiger partial charge in [0.25, 0.3) is 0 Å². The molecular formula is C6H9FN2O3S. The first kappa shape index (κ1) is 10.1. The zero-order valence-corrected chi connectivity index (χ0v) is 8.01. The van der Waals surface area contributed by atoms with Crippen LogP contribution in [0, 0.1) is 6.92 Å². The minimum Gasteiger partial charge on any atom is -0.361 e. The van der Waals surface area contributed by atoms with Crippen LogP contribution in [0.1, 0.15) is 11.5 Å². The van der Waals surface area contributed by atoms with E-state index >= 15 is 0 Å². The van der Waals surface area contributed by atoms with Crippen LogP contribution in [-0.4, -0.2) is 24.9 Å². The lowest BCUT2D eigenvalue weighted by atomic mass is 10.4. The van der Waals surface area contributed by atoms with Crippen molar-refractivity contribution in [1.29, 1.82) is 0 Å². The Hall–Kier alpha value is -0.950. The molecule has 74 valence electrons. The SMILES string of the molecule is Cc1cc(CN(C)S(=O)(=O)F)no1. The van der Waals surface area contributed by atoms with Crippen molar-refractivity contribution >= 4 is 10.4 Å². The van der Waals surface area contributed by atoms with Crippen molar-refractivity contribution in [3.8, 4) is 0 Å². The standard InChI is InChI=1S/C6H9FN2O3S/c1-5-3-6(8-12-5)4-9(2)13(7,10)11/h3H,4H2,1-2H3. The number of rotatable bonds is 3. The summed E-state index contributed by atoms with van der Waals surface area (Å²) in [7, 11) is -3.52. The van der Waals surface area contributed by atoms with Gasteiger partial charge >= 0.3 is 10.4 Å². The van der Waals surface area contributed by atoms with E-state index in [-0.39, 0.29) is 6.54 Å². The average Bonchev–Trinajstić information content (AvgIpc) is 2.33. The second-order valence-electron chi connectivity index (χ2n) is 2.63. The van der Waals surface area contributed by atoms with E-state index in [1.165, 1.54) is 0 Å². The molecule has 0 aromatic carbocycles. The first-order valence-corrected chi connectivity index (χ1v) is 4.82. The van der Waals surface area contributed by atoms with Gasteiger partial charge in [-0.1, -0.05) is 9.04 Å². The molecule has 0 radical (unpaired) electrons. The van der Waals surface area contributed by atoms with Crippen LogP contribution in [0.2, 0.25) is 0 Å². The molecule has 0 unspecified atom stereocenters. The molecule has 0 N–H and O–H groups in total. The molecule has 7 heteroatoms. The fourth-order valence-corrected chi connectivity index (χ4v) is 1.08. The van der Waals surface area contributed by atoms with E-state index < -0.39 is 10.4 Å². The van der Waals surface area contributed by atoms with Crippen LogP contribution in [0.3, 0.4) is 0 Å². The van der Waals surface area contributed by atoms with E-state index in [9.17, 15) is 12.3 Å². The van der Waals surface area contributed by atoms with Crippen LogP contribution in [0.15, 0.2) is 10.6 Å². The molecule has 1 rings (SSSR count). The summed E-state index contributed by atoms with van der Waals surface area (Å²) in [4.78, 5) is 0. The van der Waals surface area contributed by atoms with E-state index in [4.69, 9.17) is 0 Å². The molecule has 0 saturated heterocycles. The van der Waals surface area contributed by atoms with Gasteiger partial charge in [0.2, 0.25) is 0 Å². The third kappa shape index (κ3) is 2.78. The first-order valence-electron chi connectivity index (χ1n) is 3.47. The van der Waals surface area contributed by atoms with Crippen LogP contribution in [0.25, 0.3) is 0 Å². The van der Waals surface area contributed by atoms with Crippen molar-refractivity contribution in [3.63, 3.8) is 0 Å². The minimum atomic E-state index is -4.64. The molecule has 0 aliphatic heterocycles. The van der Waals surface area contributed by atoms with Gasteiger partial charge in [0.15, 0.2) is 0 Å². The fraction of sp³-hybridized carbons (Fsp3) is 0.500. The van der Waals surface area contributed by atoms with E-state index in [0.717, 1.165) is 7.05 Å². The number of nitrogens with zero attached hydrogens (tertiary/aromatic N) is 2. The summed E-state index contributed by atoms with van der Waals surface area (Å²) in [5.41, 5.74) is 0.376. The predicted molar refractivity (Wildman–Crippen MR) is 42.7 cm³/mol. The monoisotopic (exact) mass is 208 g/mol. The lowest BCUT2D eigenvalue weighted by Crippen LogP contribution is -2.22. The topological polar surface area (TPSA) is 63.4 Å². The highest BCUT2D eigenvalue weighted by molar-refractivity contribution is 7.83. The smallest absolute Gasteiger partial charge is 0.361 e. The molecule has 0 spiro atoms. The Balaban J connectivity index is 2.71. The molecule has 0 aliphatic carbocycles. The number of hydrogen-bond acceptors (Lipinski definition) is 4. The number of hydrogen-bond donors (Lipinski definition) is 0. The predicted octanol–water partition coefficient (Wildman–Crippen LogP) is 0.629. The summed E-state index contributed by atoms with van der Waals surface area (Å²) < 4.78 is 38.2. The number of aryl methyl sites for hydroxylation is 1. The van der Waals surface area contributed by atoms with Gasteiger partial charge in [-0.2, -0.15) is 12.7 Å². The Morgan fingerprint density at radius 3 is 2.69 bits per heavy atom. The van der Waals surface area contributed by atoms with Crippen molar-refractivity contribution in [3.05, 3.63) is 17.5 Å². The van der Waals surface area contributed by atoms with Gasteiger partial charge in [0.05, 0.1) is 12.2 Å². The van der Waals surface area contributed by atoms with Crippen molar-refractivity contribution in [2.75, 3.05) is 7.05 Å². The highest BCUT2D eigenvalue weighted by Crippen LogP contribution is 2.08. The van der Waals surface area contributed by atoms with Gasteiger partial charge in [-0.25, -0.2) is 0 Å². The Bertz CT molecular complexity index is 386. The van der Waals surface area contributed by atoms with Crippen LogP contribution < -0.4 is 0 Å². The van der Waals surface area contributed by atoms with Gasteiger partial charge in [-0.15, -0.1) is 0 Å². The maximum atomic E-state index is 12.3. The molecule has 1 aromatic heterocycles. The largest absolute Gasteiger partial charge is 0.374 e. The van der Waals surface area contributed by atoms with Crippen LogP contribution in [0.4, 0.5) is 3.89 Å². The van der Waals surface area contributed by atoms with Crippen molar-refractivity contribution in [2.45, 2.75) is 13.5 Å². The van der Waals surface area contributed by atoms with Gasteiger partial charge in [-0.05, 0) is 6.92 Å². The fourth-order valence-electron chi connectivity index (χ4n) is 0.798. The van der Waals surface area contributed by atoms with Crippen molar-refractivity contribution in [1.82, 2.24) is 9.46 Å². The summed E-state index contributed by atoms with van der Waals surface area (Å²) in [5, 5.41) is 3.52. The molecule has 0 atom stereocenters. The molecule has 1 heterocycles. The van der Waals surface area contributed by atoms with Crippen LogP contribution in [0.5, 0.6) is 0 Å². The van der Waals surface area contributed by atoms with Crippen molar-refractivity contribution in [2.24, 2.45) is 0 Å². The Morgan fingerprint density at radius 2 is 2.31 bits per heavy atom. The summed E-state index contributed by atoms with van der Waals surface area (Å²) in [6.45, 7) is 1.54.